The molecule has 3 N–H and O–H groups in total. The van der Waals surface area contributed by atoms with Crippen molar-refractivity contribution in [3.05, 3.63) is 66.9 Å². The molecule has 1 fully saturated rings. The van der Waals surface area contributed by atoms with E-state index in [9.17, 15) is 8.42 Å². The Morgan fingerprint density at radius 2 is 1.84 bits per heavy atom. The Labute approximate surface area is 192 Å². The quantitative estimate of drug-likeness (QED) is 0.459. The van der Waals surface area contributed by atoms with Gasteiger partial charge in [0, 0.05) is 41.6 Å². The van der Waals surface area contributed by atoms with Gasteiger partial charge in [0.15, 0.2) is 5.65 Å². The molecule has 3 aromatic heterocycles. The van der Waals surface area contributed by atoms with Gasteiger partial charge in [-0.2, -0.15) is 0 Å². The van der Waals surface area contributed by atoms with E-state index in [4.69, 9.17) is 5.73 Å². The van der Waals surface area contributed by atoms with Gasteiger partial charge in [0.05, 0.1) is 16.3 Å². The first-order valence-corrected chi connectivity index (χ1v) is 11.5. The summed E-state index contributed by atoms with van der Waals surface area (Å²) in [4.78, 5) is 13.1. The zero-order valence-corrected chi connectivity index (χ0v) is 19.0. The number of rotatable bonds is 5. The van der Waals surface area contributed by atoms with Crippen molar-refractivity contribution in [1.82, 2.24) is 18.9 Å². The van der Waals surface area contributed by atoms with Crippen LogP contribution in [0.1, 0.15) is 18.4 Å². The van der Waals surface area contributed by atoms with Gasteiger partial charge in [-0.05, 0) is 44.0 Å². The van der Waals surface area contributed by atoms with E-state index in [0.29, 0.717) is 16.7 Å². The maximum atomic E-state index is 13.3. The van der Waals surface area contributed by atoms with Gasteiger partial charge in [-0.25, -0.2) is 27.3 Å². The Morgan fingerprint density at radius 3 is 2.50 bits per heavy atom. The molecule has 10 heteroatoms. The lowest BCUT2D eigenvalue weighted by molar-refractivity contribution is 0.374. The summed E-state index contributed by atoms with van der Waals surface area (Å²) in [5, 5.41) is 4.26. The molecule has 8 nitrogen and oxygen atoms in total. The molecule has 0 radical (unpaired) electrons. The number of hydrogen-bond acceptors (Lipinski definition) is 7. The number of anilines is 1. The van der Waals surface area contributed by atoms with Crippen LogP contribution in [0.5, 0.6) is 0 Å². The van der Waals surface area contributed by atoms with Gasteiger partial charge >= 0.3 is 0 Å². The molecule has 3 heterocycles. The summed E-state index contributed by atoms with van der Waals surface area (Å²) >= 11 is 0. The van der Waals surface area contributed by atoms with E-state index in [0.717, 1.165) is 29.7 Å². The van der Waals surface area contributed by atoms with E-state index in [1.54, 1.807) is 55.0 Å². The Kier molecular flexibility index (Phi) is 5.89. The van der Waals surface area contributed by atoms with Gasteiger partial charge in [-0.15, -0.1) is 12.4 Å². The molecular weight excluding hydrogens is 448 g/mol. The van der Waals surface area contributed by atoms with Crippen molar-refractivity contribution in [2.75, 3.05) is 5.32 Å². The second-order valence-corrected chi connectivity index (χ2v) is 9.70. The molecule has 1 aromatic carbocycles. The van der Waals surface area contributed by atoms with Gasteiger partial charge in [0.1, 0.15) is 6.33 Å². The Balaban J connectivity index is 0.00000245. The van der Waals surface area contributed by atoms with Crippen LogP contribution in [0.25, 0.3) is 22.3 Å². The van der Waals surface area contributed by atoms with Gasteiger partial charge in [-0.1, -0.05) is 17.7 Å². The summed E-state index contributed by atoms with van der Waals surface area (Å²) in [6, 6.07) is 10.8. The van der Waals surface area contributed by atoms with E-state index in [1.165, 1.54) is 10.3 Å². The molecule has 0 atom stereocenters. The predicted octanol–water partition coefficient (Wildman–Crippen LogP) is 3.36. The molecule has 0 unspecified atom stereocenters. The van der Waals surface area contributed by atoms with E-state index < -0.39 is 10.0 Å². The third-order valence-corrected chi connectivity index (χ3v) is 7.32. The molecule has 32 heavy (non-hydrogen) atoms. The summed E-state index contributed by atoms with van der Waals surface area (Å²) in [6.07, 6.45) is 8.07. The zero-order chi connectivity index (χ0) is 21.6. The maximum absolute atomic E-state index is 13.3. The molecular formula is C22H23ClN6O2S. The highest BCUT2D eigenvalue weighted by molar-refractivity contribution is 7.90. The van der Waals surface area contributed by atoms with Crippen molar-refractivity contribution in [1.29, 1.82) is 0 Å². The lowest BCUT2D eigenvalue weighted by Gasteiger charge is -2.34. The largest absolute Gasteiger partial charge is 0.381 e. The van der Waals surface area contributed by atoms with Crippen molar-refractivity contribution in [2.24, 2.45) is 5.73 Å². The maximum Gasteiger partial charge on any atom is 0.269 e. The molecule has 1 aliphatic carbocycles. The Hall–Kier alpha value is -3.01. The van der Waals surface area contributed by atoms with Crippen molar-refractivity contribution < 1.29 is 8.42 Å². The minimum absolute atomic E-state index is 0. The van der Waals surface area contributed by atoms with E-state index in [1.807, 2.05) is 6.92 Å². The average Bonchev–Trinajstić information content (AvgIpc) is 3.19. The summed E-state index contributed by atoms with van der Waals surface area (Å²) in [6.45, 7) is 1.92. The van der Waals surface area contributed by atoms with Crippen LogP contribution in [0.4, 0.5) is 5.69 Å². The van der Waals surface area contributed by atoms with E-state index >= 15 is 0 Å². The summed E-state index contributed by atoms with van der Waals surface area (Å²) < 4.78 is 27.8. The average molecular weight is 471 g/mol. The lowest BCUT2D eigenvalue weighted by atomic mass is 9.87. The van der Waals surface area contributed by atoms with Gasteiger partial charge in [-0.3, -0.25) is 0 Å². The van der Waals surface area contributed by atoms with Crippen LogP contribution >= 0.6 is 12.4 Å². The van der Waals surface area contributed by atoms with Crippen LogP contribution in [0.15, 0.2) is 66.2 Å². The minimum Gasteiger partial charge on any atom is -0.381 e. The van der Waals surface area contributed by atoms with Crippen molar-refractivity contribution >= 4 is 39.2 Å². The number of aromatic nitrogens is 4. The highest BCUT2D eigenvalue weighted by Crippen LogP contribution is 2.36. The number of halogens is 1. The lowest BCUT2D eigenvalue weighted by Crippen LogP contribution is -2.44. The van der Waals surface area contributed by atoms with Crippen LogP contribution in [-0.4, -0.2) is 39.4 Å². The highest BCUT2D eigenvalue weighted by atomic mass is 35.5. The number of nitrogens with zero attached hydrogens (tertiary/aromatic N) is 4. The van der Waals surface area contributed by atoms with Crippen LogP contribution in [-0.2, 0) is 10.0 Å². The van der Waals surface area contributed by atoms with Crippen molar-refractivity contribution in [2.45, 2.75) is 36.7 Å². The number of nitrogens with two attached hydrogens (primary N) is 1. The number of benzene rings is 1. The second kappa shape index (κ2) is 8.50. The molecule has 4 aromatic rings. The summed E-state index contributed by atoms with van der Waals surface area (Å²) in [5.41, 5.74) is 9.63. The normalized spacial score (nSPS) is 18.1. The third kappa shape index (κ3) is 3.83. The molecule has 0 amide bonds. The standard InChI is InChI=1S/C22H22N6O2S.ClH/c1-14-2-4-17(5-3-14)31(29,30)28-9-7-18-21(27-16-10-15(23)11-16)19(12-25-22(18)28)20-6-8-24-13-26-20;/h2-9,12-13,15-16H,10-11,23H2,1H3,(H,25,27);1H. The fraction of sp³-hybridized carbons (Fsp3) is 0.227. The Morgan fingerprint density at radius 1 is 1.09 bits per heavy atom. The van der Waals surface area contributed by atoms with Gasteiger partial charge in [0.25, 0.3) is 10.0 Å². The van der Waals surface area contributed by atoms with Gasteiger partial charge in [0.2, 0.25) is 0 Å². The first kappa shape index (κ1) is 22.2. The van der Waals surface area contributed by atoms with Crippen LogP contribution in [0, 0.1) is 6.92 Å². The Bertz CT molecular complexity index is 1350. The predicted molar refractivity (Wildman–Crippen MR) is 126 cm³/mol. The van der Waals surface area contributed by atoms with Crippen LogP contribution < -0.4 is 11.1 Å². The molecule has 0 saturated heterocycles. The van der Waals surface area contributed by atoms with Crippen molar-refractivity contribution in [3.8, 4) is 11.3 Å². The molecule has 0 bridgehead atoms. The summed E-state index contributed by atoms with van der Waals surface area (Å²) in [7, 11) is -3.78. The second-order valence-electron chi connectivity index (χ2n) is 7.88. The van der Waals surface area contributed by atoms with Crippen LogP contribution in [0.2, 0.25) is 0 Å². The number of pyridine rings is 1. The number of fused-ring (bicyclic) bond motifs is 1. The molecule has 1 saturated carbocycles. The molecule has 5 rings (SSSR count). The number of aryl methyl sites for hydroxylation is 1. The molecule has 1 aliphatic rings. The summed E-state index contributed by atoms with van der Waals surface area (Å²) in [5.74, 6) is 0. The molecule has 0 spiro atoms. The third-order valence-electron chi connectivity index (χ3n) is 5.64. The highest BCUT2D eigenvalue weighted by Gasteiger charge is 2.28. The van der Waals surface area contributed by atoms with Crippen LogP contribution in [0.3, 0.4) is 0 Å². The van der Waals surface area contributed by atoms with Gasteiger partial charge < -0.3 is 11.1 Å². The SMILES string of the molecule is Cc1ccc(S(=O)(=O)n2ccc3c(NC4CC(N)C4)c(-c4ccncn4)cnc32)cc1.Cl. The fourth-order valence-electron chi connectivity index (χ4n) is 3.86. The fourth-order valence-corrected chi connectivity index (χ4v) is 5.17. The number of hydrogen-bond donors (Lipinski definition) is 2. The zero-order valence-electron chi connectivity index (χ0n) is 17.3. The smallest absolute Gasteiger partial charge is 0.269 e. The van der Waals surface area contributed by atoms with E-state index in [-0.39, 0.29) is 29.4 Å². The molecule has 0 aliphatic heterocycles. The topological polar surface area (TPSA) is 116 Å². The van der Waals surface area contributed by atoms with E-state index in [2.05, 4.69) is 20.3 Å². The minimum atomic E-state index is -3.78. The first-order valence-electron chi connectivity index (χ1n) is 10.0. The van der Waals surface area contributed by atoms with Crippen molar-refractivity contribution in [3.63, 3.8) is 0 Å². The first-order chi connectivity index (χ1) is 14.9. The monoisotopic (exact) mass is 470 g/mol. The molecule has 166 valence electrons. The number of nitrogens with one attached hydrogen (secondary N) is 1.